The Morgan fingerprint density at radius 1 is 1.15 bits per heavy atom. The van der Waals surface area contributed by atoms with E-state index in [0.717, 1.165) is 16.9 Å². The van der Waals surface area contributed by atoms with Crippen LogP contribution in [0.15, 0.2) is 12.3 Å². The van der Waals surface area contributed by atoms with Gasteiger partial charge in [-0.1, -0.05) is 13.8 Å². The first-order valence-corrected chi connectivity index (χ1v) is 7.07. The Morgan fingerprint density at radius 3 is 2.15 bits per heavy atom. The van der Waals surface area contributed by atoms with Gasteiger partial charge in [0, 0.05) is 0 Å². The number of ether oxygens (including phenoxy) is 1. The molecule has 1 saturated heterocycles. The molecule has 1 aromatic rings. The first-order valence-electron chi connectivity index (χ1n) is 7.07. The van der Waals surface area contributed by atoms with E-state index in [0.29, 0.717) is 5.92 Å². The van der Waals surface area contributed by atoms with Crippen molar-refractivity contribution in [3.05, 3.63) is 17.8 Å². The van der Waals surface area contributed by atoms with Crippen molar-refractivity contribution in [2.45, 2.75) is 58.7 Å². The van der Waals surface area contributed by atoms with Crippen molar-refractivity contribution in [1.82, 2.24) is 4.98 Å². The van der Waals surface area contributed by atoms with E-state index in [2.05, 4.69) is 18.8 Å². The third-order valence-corrected chi connectivity index (χ3v) is 4.26. The number of pyridine rings is 1. The minimum absolute atomic E-state index is 0.326. The van der Waals surface area contributed by atoms with E-state index >= 15 is 0 Å². The Labute approximate surface area is 122 Å². The minimum atomic E-state index is -0.427. The zero-order chi connectivity index (χ0) is 15.1. The molecule has 2 rings (SSSR count). The molecule has 110 valence electrons. The van der Waals surface area contributed by atoms with Crippen molar-refractivity contribution in [2.24, 2.45) is 0 Å². The largest absolute Gasteiger partial charge is 0.514 e. The molecule has 5 heteroatoms. The number of nitrogens with zero attached hydrogens (tertiary/aromatic N) is 1. The Morgan fingerprint density at radius 2 is 1.70 bits per heavy atom. The molecule has 0 N–H and O–H groups in total. The standard InChI is InChI=1S/C15H24BNO3/c1-10(2)12-8-11(18-7)9-17-13(12)16-19-14(3,4)15(5,6)20-16/h8-10H,1-7H3. The van der Waals surface area contributed by atoms with E-state index in [9.17, 15) is 0 Å². The van der Waals surface area contributed by atoms with E-state index in [1.165, 1.54) is 0 Å². The second kappa shape index (κ2) is 5.04. The summed E-state index contributed by atoms with van der Waals surface area (Å²) in [6.07, 6.45) is 1.71. The summed E-state index contributed by atoms with van der Waals surface area (Å²) in [5, 5.41) is 0. The lowest BCUT2D eigenvalue weighted by molar-refractivity contribution is 0.00578. The monoisotopic (exact) mass is 277 g/mol. The Hall–Kier alpha value is -1.07. The SMILES string of the molecule is COc1cnc(B2OC(C)(C)C(C)(C)O2)c(C(C)C)c1. The number of aromatic nitrogens is 1. The molecule has 0 radical (unpaired) electrons. The van der Waals surface area contributed by atoms with E-state index in [4.69, 9.17) is 14.0 Å². The minimum Gasteiger partial charge on any atom is -0.495 e. The quantitative estimate of drug-likeness (QED) is 0.796. The van der Waals surface area contributed by atoms with E-state index in [-0.39, 0.29) is 11.2 Å². The zero-order valence-corrected chi connectivity index (χ0v) is 13.5. The molecule has 1 aliphatic rings. The maximum atomic E-state index is 6.09. The van der Waals surface area contributed by atoms with Crippen LogP contribution < -0.4 is 10.3 Å². The van der Waals surface area contributed by atoms with Crippen LogP contribution >= 0.6 is 0 Å². The first kappa shape index (κ1) is 15.3. The van der Waals surface area contributed by atoms with Crippen molar-refractivity contribution in [2.75, 3.05) is 7.11 Å². The zero-order valence-electron chi connectivity index (χ0n) is 13.5. The van der Waals surface area contributed by atoms with Crippen molar-refractivity contribution in [3.8, 4) is 5.75 Å². The van der Waals surface area contributed by atoms with Gasteiger partial charge in [0.2, 0.25) is 0 Å². The summed E-state index contributed by atoms with van der Waals surface area (Å²) in [6.45, 7) is 12.4. The van der Waals surface area contributed by atoms with Gasteiger partial charge in [-0.15, -0.1) is 0 Å². The van der Waals surface area contributed by atoms with Crippen LogP contribution in [0.4, 0.5) is 0 Å². The molecule has 2 heterocycles. The highest BCUT2D eigenvalue weighted by Crippen LogP contribution is 2.37. The molecule has 1 aliphatic heterocycles. The number of hydrogen-bond donors (Lipinski definition) is 0. The second-order valence-electron chi connectivity index (χ2n) is 6.59. The molecule has 0 spiro atoms. The summed E-state index contributed by atoms with van der Waals surface area (Å²) in [6, 6.07) is 2.01. The summed E-state index contributed by atoms with van der Waals surface area (Å²) in [5.41, 5.74) is 1.24. The fraction of sp³-hybridized carbons (Fsp3) is 0.667. The number of methoxy groups -OCH3 is 1. The topological polar surface area (TPSA) is 40.6 Å². The van der Waals surface area contributed by atoms with Gasteiger partial charge in [0.25, 0.3) is 0 Å². The third kappa shape index (κ3) is 2.57. The summed E-state index contributed by atoms with van der Waals surface area (Å²) in [7, 11) is 1.22. The third-order valence-electron chi connectivity index (χ3n) is 4.26. The first-order chi connectivity index (χ1) is 9.18. The molecule has 0 unspecified atom stereocenters. The summed E-state index contributed by atoms with van der Waals surface area (Å²) in [5.74, 6) is 1.08. The van der Waals surface area contributed by atoms with Crippen molar-refractivity contribution in [1.29, 1.82) is 0 Å². The lowest BCUT2D eigenvalue weighted by Crippen LogP contribution is -2.41. The second-order valence-corrected chi connectivity index (χ2v) is 6.59. The van der Waals surface area contributed by atoms with Crippen molar-refractivity contribution in [3.63, 3.8) is 0 Å². The molecule has 20 heavy (non-hydrogen) atoms. The van der Waals surface area contributed by atoms with Crippen LogP contribution in [0.5, 0.6) is 5.75 Å². The Bertz CT molecular complexity index is 484. The predicted molar refractivity (Wildman–Crippen MR) is 80.6 cm³/mol. The van der Waals surface area contributed by atoms with Gasteiger partial charge in [-0.3, -0.25) is 4.98 Å². The molecular formula is C15H24BNO3. The van der Waals surface area contributed by atoms with Crippen molar-refractivity contribution < 1.29 is 14.0 Å². The van der Waals surface area contributed by atoms with Crippen LogP contribution in [-0.2, 0) is 9.31 Å². The van der Waals surface area contributed by atoms with Crippen LogP contribution in [0.1, 0.15) is 53.0 Å². The van der Waals surface area contributed by atoms with Gasteiger partial charge >= 0.3 is 7.12 Å². The predicted octanol–water partition coefficient (Wildman–Crippen LogP) is 2.51. The molecular weight excluding hydrogens is 253 g/mol. The normalized spacial score (nSPS) is 20.5. The van der Waals surface area contributed by atoms with E-state index in [1.54, 1.807) is 13.3 Å². The maximum Gasteiger partial charge on any atom is 0.514 e. The fourth-order valence-corrected chi connectivity index (χ4v) is 2.20. The van der Waals surface area contributed by atoms with Crippen LogP contribution in [0.2, 0.25) is 0 Å². The van der Waals surface area contributed by atoms with Crippen LogP contribution in [0.3, 0.4) is 0 Å². The average molecular weight is 277 g/mol. The highest BCUT2D eigenvalue weighted by atomic mass is 16.7. The maximum absolute atomic E-state index is 6.09. The van der Waals surface area contributed by atoms with Gasteiger partial charge in [-0.25, -0.2) is 0 Å². The van der Waals surface area contributed by atoms with Crippen molar-refractivity contribution >= 4 is 12.7 Å². The number of hydrogen-bond acceptors (Lipinski definition) is 4. The molecule has 0 aliphatic carbocycles. The van der Waals surface area contributed by atoms with Gasteiger partial charge in [-0.05, 0) is 45.2 Å². The van der Waals surface area contributed by atoms with Crippen LogP contribution in [-0.4, -0.2) is 30.4 Å². The highest BCUT2D eigenvalue weighted by Gasteiger charge is 2.53. The molecule has 0 atom stereocenters. The fourth-order valence-electron chi connectivity index (χ4n) is 2.20. The molecule has 0 amide bonds. The molecule has 1 aromatic heterocycles. The van der Waals surface area contributed by atoms with Crippen LogP contribution in [0, 0.1) is 0 Å². The summed E-state index contributed by atoms with van der Waals surface area (Å²) < 4.78 is 17.4. The van der Waals surface area contributed by atoms with Crippen LogP contribution in [0.25, 0.3) is 0 Å². The molecule has 0 saturated carbocycles. The van der Waals surface area contributed by atoms with E-state index < -0.39 is 7.12 Å². The smallest absolute Gasteiger partial charge is 0.495 e. The van der Waals surface area contributed by atoms with Gasteiger partial charge in [0.05, 0.1) is 30.1 Å². The Kier molecular flexibility index (Phi) is 3.86. The number of rotatable bonds is 3. The van der Waals surface area contributed by atoms with Gasteiger partial charge in [0.15, 0.2) is 0 Å². The molecule has 1 fully saturated rings. The average Bonchev–Trinajstić information content (AvgIpc) is 2.57. The molecule has 4 nitrogen and oxygen atoms in total. The lowest BCUT2D eigenvalue weighted by Gasteiger charge is -2.32. The highest BCUT2D eigenvalue weighted by molar-refractivity contribution is 6.61. The molecule has 0 aromatic carbocycles. The van der Waals surface area contributed by atoms with Gasteiger partial charge in [0.1, 0.15) is 5.75 Å². The molecule has 0 bridgehead atoms. The Balaban J connectivity index is 2.39. The van der Waals surface area contributed by atoms with Gasteiger partial charge < -0.3 is 14.0 Å². The van der Waals surface area contributed by atoms with E-state index in [1.807, 2.05) is 33.8 Å². The lowest BCUT2D eigenvalue weighted by atomic mass is 9.78. The summed E-state index contributed by atoms with van der Waals surface area (Å²) in [4.78, 5) is 4.51. The summed E-state index contributed by atoms with van der Waals surface area (Å²) >= 11 is 0. The van der Waals surface area contributed by atoms with Gasteiger partial charge in [-0.2, -0.15) is 0 Å².